The molecule has 1 saturated heterocycles. The summed E-state index contributed by atoms with van der Waals surface area (Å²) in [4.78, 5) is 26.4. The third-order valence-electron chi connectivity index (χ3n) is 4.93. The molecular formula is C19H16F2N2O4. The number of urea groups is 1. The number of amides is 3. The normalized spacial score (nSPS) is 22.4. The molecule has 0 bridgehead atoms. The molecule has 2 aromatic carbocycles. The summed E-state index contributed by atoms with van der Waals surface area (Å²) in [6, 6.07) is 8.96. The molecular weight excluding hydrogens is 358 g/mol. The molecule has 2 unspecified atom stereocenters. The number of halogens is 2. The Morgan fingerprint density at radius 1 is 1.22 bits per heavy atom. The van der Waals surface area contributed by atoms with E-state index in [1.807, 2.05) is 0 Å². The van der Waals surface area contributed by atoms with Crippen LogP contribution in [0.25, 0.3) is 0 Å². The number of fused-ring (bicyclic) bond motifs is 2. The van der Waals surface area contributed by atoms with Crippen LogP contribution in [0.1, 0.15) is 23.7 Å². The van der Waals surface area contributed by atoms with Crippen LogP contribution in [0.15, 0.2) is 42.5 Å². The van der Waals surface area contributed by atoms with Gasteiger partial charge in [0.2, 0.25) is 0 Å². The Kier molecular flexibility index (Phi) is 4.07. The second-order valence-electron chi connectivity index (χ2n) is 6.53. The average Bonchev–Trinajstić information content (AvgIpc) is 2.87. The van der Waals surface area contributed by atoms with Crippen LogP contribution in [0.5, 0.6) is 5.75 Å². The van der Waals surface area contributed by atoms with Gasteiger partial charge >= 0.3 is 6.03 Å². The fourth-order valence-corrected chi connectivity index (χ4v) is 3.58. The van der Waals surface area contributed by atoms with Gasteiger partial charge < -0.3 is 15.2 Å². The largest absolute Gasteiger partial charge is 0.493 e. The van der Waals surface area contributed by atoms with Crippen molar-refractivity contribution in [2.24, 2.45) is 0 Å². The first-order chi connectivity index (χ1) is 12.9. The maximum absolute atomic E-state index is 13.9. The second-order valence-corrected chi connectivity index (χ2v) is 6.53. The van der Waals surface area contributed by atoms with Crippen LogP contribution >= 0.6 is 0 Å². The highest BCUT2D eigenvalue weighted by Gasteiger charge is 2.55. The SMILES string of the molecule is O=C1NC2(CCOc3ccccc32)C(=O)N1CC(O)c1ccc(F)cc1F. The van der Waals surface area contributed by atoms with Crippen molar-refractivity contribution in [3.8, 4) is 5.75 Å². The molecule has 1 spiro atoms. The van der Waals surface area contributed by atoms with E-state index in [0.717, 1.165) is 17.0 Å². The van der Waals surface area contributed by atoms with Crippen molar-refractivity contribution in [2.75, 3.05) is 13.2 Å². The summed E-state index contributed by atoms with van der Waals surface area (Å²) in [6.45, 7) is -0.204. The van der Waals surface area contributed by atoms with Crippen LogP contribution in [-0.2, 0) is 10.3 Å². The number of aliphatic hydroxyl groups is 1. The summed E-state index contributed by atoms with van der Waals surface area (Å²) >= 11 is 0. The van der Waals surface area contributed by atoms with E-state index in [1.54, 1.807) is 24.3 Å². The molecule has 0 aliphatic carbocycles. The van der Waals surface area contributed by atoms with E-state index in [1.165, 1.54) is 0 Å². The number of ether oxygens (including phenoxy) is 1. The lowest BCUT2D eigenvalue weighted by Crippen LogP contribution is -2.47. The van der Waals surface area contributed by atoms with Gasteiger partial charge in [0.05, 0.1) is 19.3 Å². The number of imide groups is 1. The van der Waals surface area contributed by atoms with E-state index in [4.69, 9.17) is 4.74 Å². The Hall–Kier alpha value is -3.00. The van der Waals surface area contributed by atoms with Gasteiger partial charge in [0.15, 0.2) is 5.54 Å². The standard InChI is InChI=1S/C19H16F2N2O4/c20-11-5-6-12(14(21)9-11)15(24)10-23-17(25)19(22-18(23)26)7-8-27-16-4-2-1-3-13(16)19/h1-6,9,15,24H,7-8,10H2,(H,22,26). The monoisotopic (exact) mass is 374 g/mol. The van der Waals surface area contributed by atoms with Crippen molar-refractivity contribution in [2.45, 2.75) is 18.1 Å². The van der Waals surface area contributed by atoms with Crippen LogP contribution in [0.3, 0.4) is 0 Å². The van der Waals surface area contributed by atoms with Crippen molar-refractivity contribution in [3.63, 3.8) is 0 Å². The van der Waals surface area contributed by atoms with Gasteiger partial charge in [0.25, 0.3) is 5.91 Å². The van der Waals surface area contributed by atoms with Gasteiger partial charge in [-0.15, -0.1) is 0 Å². The molecule has 140 valence electrons. The van der Waals surface area contributed by atoms with Crippen LogP contribution in [0.2, 0.25) is 0 Å². The van der Waals surface area contributed by atoms with Gasteiger partial charge in [-0.2, -0.15) is 0 Å². The lowest BCUT2D eigenvalue weighted by molar-refractivity contribution is -0.133. The maximum Gasteiger partial charge on any atom is 0.325 e. The number of hydrogen-bond acceptors (Lipinski definition) is 4. The topological polar surface area (TPSA) is 78.9 Å². The van der Waals surface area contributed by atoms with E-state index in [0.29, 0.717) is 17.4 Å². The summed E-state index contributed by atoms with van der Waals surface area (Å²) in [5.41, 5.74) is -0.919. The highest BCUT2D eigenvalue weighted by atomic mass is 19.1. The number of para-hydroxylation sites is 1. The number of nitrogens with one attached hydrogen (secondary N) is 1. The molecule has 2 heterocycles. The van der Waals surface area contributed by atoms with Crippen molar-refractivity contribution in [3.05, 3.63) is 65.2 Å². The minimum Gasteiger partial charge on any atom is -0.493 e. The number of aliphatic hydroxyl groups excluding tert-OH is 1. The molecule has 2 atom stereocenters. The van der Waals surface area contributed by atoms with E-state index in [2.05, 4.69) is 5.32 Å². The van der Waals surface area contributed by atoms with Crippen LogP contribution in [0, 0.1) is 11.6 Å². The molecule has 0 radical (unpaired) electrons. The molecule has 0 aromatic heterocycles. The third kappa shape index (κ3) is 2.73. The number of nitrogens with zero attached hydrogens (tertiary/aromatic N) is 1. The Balaban J connectivity index is 1.63. The number of rotatable bonds is 3. The van der Waals surface area contributed by atoms with Gasteiger partial charge in [0, 0.05) is 23.6 Å². The molecule has 4 rings (SSSR count). The summed E-state index contributed by atoms with van der Waals surface area (Å²) in [5, 5.41) is 13.0. The minimum atomic E-state index is -1.48. The zero-order valence-electron chi connectivity index (χ0n) is 14.1. The van der Waals surface area contributed by atoms with Gasteiger partial charge in [-0.25, -0.2) is 13.6 Å². The third-order valence-corrected chi connectivity index (χ3v) is 4.93. The fourth-order valence-electron chi connectivity index (χ4n) is 3.58. The Morgan fingerprint density at radius 2 is 2.00 bits per heavy atom. The molecule has 6 nitrogen and oxygen atoms in total. The summed E-state index contributed by atoms with van der Waals surface area (Å²) in [7, 11) is 0. The number of benzene rings is 2. The van der Waals surface area contributed by atoms with Crippen molar-refractivity contribution >= 4 is 11.9 Å². The first-order valence-corrected chi connectivity index (χ1v) is 8.42. The van der Waals surface area contributed by atoms with Gasteiger partial charge in [-0.3, -0.25) is 9.69 Å². The fraction of sp³-hybridized carbons (Fsp3) is 0.263. The number of carbonyl (C=O) groups is 2. The molecule has 2 N–H and O–H groups in total. The number of β-amino-alcohol motifs (C(OH)–C–C–N with tert-alkyl or cyclic N) is 1. The lowest BCUT2D eigenvalue weighted by Gasteiger charge is -2.33. The van der Waals surface area contributed by atoms with Gasteiger partial charge in [0.1, 0.15) is 17.4 Å². The lowest BCUT2D eigenvalue weighted by atomic mass is 9.84. The summed E-state index contributed by atoms with van der Waals surface area (Å²) in [6.07, 6.45) is -1.24. The van der Waals surface area contributed by atoms with E-state index in [-0.39, 0.29) is 18.6 Å². The van der Waals surface area contributed by atoms with Gasteiger partial charge in [-0.05, 0) is 12.1 Å². The van der Waals surface area contributed by atoms with E-state index < -0.39 is 41.8 Å². The molecule has 1 fully saturated rings. The average molecular weight is 374 g/mol. The van der Waals surface area contributed by atoms with E-state index >= 15 is 0 Å². The smallest absolute Gasteiger partial charge is 0.325 e. The van der Waals surface area contributed by atoms with Crippen molar-refractivity contribution < 1.29 is 28.2 Å². The summed E-state index contributed by atoms with van der Waals surface area (Å²) < 4.78 is 32.5. The molecule has 2 aromatic rings. The molecule has 2 aliphatic rings. The number of hydrogen-bond donors (Lipinski definition) is 2. The predicted octanol–water partition coefficient (Wildman–Crippen LogP) is 2.23. The molecule has 0 saturated carbocycles. The Bertz CT molecular complexity index is 936. The molecule has 8 heteroatoms. The molecule has 3 amide bonds. The first-order valence-electron chi connectivity index (χ1n) is 8.42. The quantitative estimate of drug-likeness (QED) is 0.808. The molecule has 2 aliphatic heterocycles. The highest BCUT2D eigenvalue weighted by molar-refractivity contribution is 6.08. The minimum absolute atomic E-state index is 0.190. The number of carbonyl (C=O) groups excluding carboxylic acids is 2. The van der Waals surface area contributed by atoms with Crippen LogP contribution in [0.4, 0.5) is 13.6 Å². The highest BCUT2D eigenvalue weighted by Crippen LogP contribution is 2.41. The predicted molar refractivity (Wildman–Crippen MR) is 89.8 cm³/mol. The summed E-state index contributed by atoms with van der Waals surface area (Å²) in [5.74, 6) is -1.76. The molecule has 27 heavy (non-hydrogen) atoms. The van der Waals surface area contributed by atoms with Gasteiger partial charge in [-0.1, -0.05) is 24.3 Å². The Morgan fingerprint density at radius 3 is 2.78 bits per heavy atom. The van der Waals surface area contributed by atoms with Crippen molar-refractivity contribution in [1.82, 2.24) is 10.2 Å². The first kappa shape index (κ1) is 17.4. The van der Waals surface area contributed by atoms with Crippen LogP contribution < -0.4 is 10.1 Å². The zero-order chi connectivity index (χ0) is 19.2. The van der Waals surface area contributed by atoms with Crippen LogP contribution in [-0.4, -0.2) is 35.1 Å². The Labute approximate surface area is 153 Å². The van der Waals surface area contributed by atoms with E-state index in [9.17, 15) is 23.5 Å². The van der Waals surface area contributed by atoms with Crippen molar-refractivity contribution in [1.29, 1.82) is 0 Å². The second kappa shape index (κ2) is 6.31. The maximum atomic E-state index is 13.9. The zero-order valence-corrected chi connectivity index (χ0v) is 14.1.